The maximum atomic E-state index is 12.5. The average Bonchev–Trinajstić information content (AvgIpc) is 2.59. The molecule has 9 heteroatoms. The molecule has 0 bridgehead atoms. The number of hydrogen-bond acceptors (Lipinski definition) is 6. The lowest BCUT2D eigenvalue weighted by Gasteiger charge is -2.14. The molecular weight excluding hydrogens is 388 g/mol. The number of primary sulfonamides is 1. The second-order valence-corrected chi connectivity index (χ2v) is 8.41. The molecule has 0 radical (unpaired) electrons. The molecule has 4 N–H and O–H groups in total. The van der Waals surface area contributed by atoms with E-state index in [1.165, 1.54) is 19.1 Å². The Morgan fingerprint density at radius 2 is 2.00 bits per heavy atom. The lowest BCUT2D eigenvalue weighted by Crippen LogP contribution is -2.31. The number of sulfonamides is 1. The molecule has 2 aromatic rings. The lowest BCUT2D eigenvalue weighted by atomic mass is 10.1. The summed E-state index contributed by atoms with van der Waals surface area (Å²) in [5.41, 5.74) is 1.02. The number of nitrogens with two attached hydrogens (primary N) is 1. The monoisotopic (exact) mass is 410 g/mol. The number of ether oxygens (including phenoxy) is 1. The van der Waals surface area contributed by atoms with Crippen LogP contribution < -0.4 is 15.2 Å². The molecule has 0 aliphatic rings. The highest BCUT2D eigenvalue weighted by Gasteiger charge is 2.18. The van der Waals surface area contributed by atoms with Gasteiger partial charge in [0, 0.05) is 11.4 Å². The van der Waals surface area contributed by atoms with E-state index in [0.29, 0.717) is 5.75 Å². The van der Waals surface area contributed by atoms with Crippen LogP contribution in [-0.4, -0.2) is 38.3 Å². The van der Waals surface area contributed by atoms with Gasteiger partial charge in [-0.15, -0.1) is 11.8 Å². The van der Waals surface area contributed by atoms with Gasteiger partial charge in [-0.2, -0.15) is 0 Å². The molecule has 2 aromatic carbocycles. The van der Waals surface area contributed by atoms with Crippen molar-refractivity contribution in [1.82, 2.24) is 5.32 Å². The molecule has 0 unspecified atom stereocenters. The smallest absolute Gasteiger partial charge is 0.255 e. The Balaban J connectivity index is 2.42. The maximum absolute atomic E-state index is 12.5. The number of aryl methyl sites for hydroxylation is 1. The number of amides is 1. The highest BCUT2D eigenvalue weighted by atomic mass is 32.2. The van der Waals surface area contributed by atoms with E-state index in [-0.39, 0.29) is 22.8 Å². The first-order valence-corrected chi connectivity index (χ1v) is 10.8. The summed E-state index contributed by atoms with van der Waals surface area (Å²) in [5, 5.41) is 17.0. The summed E-state index contributed by atoms with van der Waals surface area (Å²) in [6.45, 7) is 3.48. The van der Waals surface area contributed by atoms with Crippen LogP contribution in [0.5, 0.6) is 11.5 Å². The molecule has 0 aliphatic heterocycles. The van der Waals surface area contributed by atoms with Gasteiger partial charge in [0.05, 0.1) is 16.6 Å². The first kappa shape index (κ1) is 21.2. The molecule has 146 valence electrons. The van der Waals surface area contributed by atoms with Gasteiger partial charge in [0.2, 0.25) is 10.0 Å². The van der Waals surface area contributed by atoms with Crippen molar-refractivity contribution in [2.75, 3.05) is 12.8 Å². The number of hydrogen-bond donors (Lipinski definition) is 3. The zero-order valence-electron chi connectivity index (χ0n) is 15.2. The molecular formula is C18H22N2O5S2. The van der Waals surface area contributed by atoms with Crippen molar-refractivity contribution in [1.29, 1.82) is 0 Å². The van der Waals surface area contributed by atoms with Crippen LogP contribution in [0.4, 0.5) is 0 Å². The van der Waals surface area contributed by atoms with Gasteiger partial charge in [-0.1, -0.05) is 0 Å². The Morgan fingerprint density at radius 3 is 2.56 bits per heavy atom. The van der Waals surface area contributed by atoms with Gasteiger partial charge in [-0.25, -0.2) is 13.6 Å². The molecule has 0 saturated carbocycles. The van der Waals surface area contributed by atoms with E-state index >= 15 is 0 Å². The van der Waals surface area contributed by atoms with Crippen LogP contribution in [0.1, 0.15) is 22.8 Å². The summed E-state index contributed by atoms with van der Waals surface area (Å²) >= 11 is 1.61. The van der Waals surface area contributed by atoms with Crippen molar-refractivity contribution < 1.29 is 23.1 Å². The first-order chi connectivity index (χ1) is 12.6. The fourth-order valence-electron chi connectivity index (χ4n) is 2.33. The van der Waals surface area contributed by atoms with Crippen molar-refractivity contribution in [3.63, 3.8) is 0 Å². The number of thioether (sulfide) groups is 1. The summed E-state index contributed by atoms with van der Waals surface area (Å²) in [6.07, 6.45) is 1.22. The van der Waals surface area contributed by atoms with Gasteiger partial charge in [-0.05, 0) is 62.1 Å². The minimum atomic E-state index is -3.98. The average molecular weight is 411 g/mol. The molecule has 0 heterocycles. The normalized spacial score (nSPS) is 12.5. The van der Waals surface area contributed by atoms with E-state index in [0.717, 1.165) is 16.5 Å². The Bertz CT molecular complexity index is 943. The van der Waals surface area contributed by atoms with Crippen LogP contribution in [-0.2, 0) is 10.0 Å². The van der Waals surface area contributed by atoms with Crippen molar-refractivity contribution in [3.8, 4) is 11.5 Å². The fourth-order valence-corrected chi connectivity index (χ4v) is 3.45. The number of carbonyl (C=O) groups is 1. The summed E-state index contributed by atoms with van der Waals surface area (Å²) in [5.74, 6) is 0.119. The Hall–Kier alpha value is -2.07. The minimum absolute atomic E-state index is 0.00812. The molecule has 0 aromatic heterocycles. The highest BCUT2D eigenvalue weighted by Crippen LogP contribution is 2.30. The van der Waals surface area contributed by atoms with Gasteiger partial charge in [-0.3, -0.25) is 4.79 Å². The van der Waals surface area contributed by atoms with E-state index in [2.05, 4.69) is 5.32 Å². The van der Waals surface area contributed by atoms with Crippen LogP contribution in [0.2, 0.25) is 0 Å². The molecule has 1 amide bonds. The van der Waals surface area contributed by atoms with E-state index in [9.17, 15) is 18.3 Å². The van der Waals surface area contributed by atoms with Gasteiger partial charge < -0.3 is 15.2 Å². The predicted molar refractivity (Wildman–Crippen MR) is 105 cm³/mol. The molecule has 0 fully saturated rings. The number of carbonyl (C=O) groups excluding carboxylic acids is 1. The molecule has 0 spiro atoms. The largest absolute Gasteiger partial charge is 0.457 e. The van der Waals surface area contributed by atoms with Gasteiger partial charge >= 0.3 is 0 Å². The maximum Gasteiger partial charge on any atom is 0.255 e. The van der Waals surface area contributed by atoms with Gasteiger partial charge in [0.15, 0.2) is 0 Å². The SMILES string of the molecule is CSc1ccc(Oc2ccc(S(N)(=O)=O)cc2C(=O)NC[C@H](C)O)cc1C. The molecule has 0 aliphatic carbocycles. The predicted octanol–water partition coefficient (Wildman–Crippen LogP) is 2.27. The summed E-state index contributed by atoms with van der Waals surface area (Å²) < 4.78 is 29.1. The third-order valence-electron chi connectivity index (χ3n) is 3.68. The highest BCUT2D eigenvalue weighted by molar-refractivity contribution is 7.98. The number of aliphatic hydroxyl groups is 1. The van der Waals surface area contributed by atoms with Crippen molar-refractivity contribution >= 4 is 27.7 Å². The zero-order valence-corrected chi connectivity index (χ0v) is 16.9. The number of rotatable bonds is 7. The third kappa shape index (κ3) is 5.70. The topological polar surface area (TPSA) is 119 Å². The van der Waals surface area contributed by atoms with Crippen LogP contribution in [0.15, 0.2) is 46.2 Å². The molecule has 2 rings (SSSR count). The summed E-state index contributed by atoms with van der Waals surface area (Å²) in [4.78, 5) is 13.4. The summed E-state index contributed by atoms with van der Waals surface area (Å²) in [6, 6.07) is 9.32. The second-order valence-electron chi connectivity index (χ2n) is 6.00. The van der Waals surface area contributed by atoms with Gasteiger partial charge in [0.1, 0.15) is 11.5 Å². The van der Waals surface area contributed by atoms with Crippen molar-refractivity contribution in [2.24, 2.45) is 5.14 Å². The van der Waals surface area contributed by atoms with E-state index in [1.54, 1.807) is 17.8 Å². The Labute approximate surface area is 163 Å². The van der Waals surface area contributed by atoms with Crippen LogP contribution in [0.3, 0.4) is 0 Å². The molecule has 0 saturated heterocycles. The van der Waals surface area contributed by atoms with Crippen molar-refractivity contribution in [3.05, 3.63) is 47.5 Å². The second kappa shape index (κ2) is 8.75. The number of benzene rings is 2. The van der Waals surface area contributed by atoms with E-state index in [4.69, 9.17) is 9.88 Å². The number of nitrogens with one attached hydrogen (secondary N) is 1. The minimum Gasteiger partial charge on any atom is -0.457 e. The molecule has 1 atom stereocenters. The molecule has 27 heavy (non-hydrogen) atoms. The van der Waals surface area contributed by atoms with E-state index < -0.39 is 22.0 Å². The Morgan fingerprint density at radius 1 is 1.30 bits per heavy atom. The van der Waals surface area contributed by atoms with Crippen LogP contribution in [0, 0.1) is 6.92 Å². The summed E-state index contributed by atoms with van der Waals surface area (Å²) in [7, 11) is -3.98. The number of aliphatic hydroxyl groups excluding tert-OH is 1. The van der Waals surface area contributed by atoms with Crippen LogP contribution in [0.25, 0.3) is 0 Å². The zero-order chi connectivity index (χ0) is 20.2. The standard InChI is InChI=1S/C18H22N2O5S2/c1-11-8-13(4-7-17(11)26-3)25-16-6-5-14(27(19,23)24)9-15(16)18(22)20-10-12(2)21/h4-9,12,21H,10H2,1-3H3,(H,20,22)(H2,19,23,24)/t12-/m0/s1. The lowest BCUT2D eigenvalue weighted by molar-refractivity contribution is 0.0921. The quantitative estimate of drug-likeness (QED) is 0.603. The van der Waals surface area contributed by atoms with Gasteiger partial charge in [0.25, 0.3) is 5.91 Å². The van der Waals surface area contributed by atoms with Crippen molar-refractivity contribution in [2.45, 2.75) is 29.7 Å². The first-order valence-electron chi connectivity index (χ1n) is 8.07. The van der Waals surface area contributed by atoms with E-state index in [1.807, 2.05) is 25.3 Å². The Kier molecular flexibility index (Phi) is 6.88. The third-order valence-corrected chi connectivity index (χ3v) is 5.49. The fraction of sp³-hybridized carbons (Fsp3) is 0.278. The van der Waals surface area contributed by atoms with Crippen LogP contribution >= 0.6 is 11.8 Å². The molecule has 7 nitrogen and oxygen atoms in total.